The van der Waals surface area contributed by atoms with Gasteiger partial charge in [-0.15, -0.1) is 0 Å². The fraction of sp³-hybridized carbons (Fsp3) is 0.625. The molecule has 0 aliphatic heterocycles. The fourth-order valence-electron chi connectivity index (χ4n) is 0.922. The molecule has 11 heavy (non-hydrogen) atoms. The van der Waals surface area contributed by atoms with Crippen LogP contribution >= 0.6 is 0 Å². The minimum Gasteiger partial charge on any atom is -0.413 e. The van der Waals surface area contributed by atoms with Crippen molar-refractivity contribution in [3.63, 3.8) is 0 Å². The molecule has 62 valence electrons. The summed E-state index contributed by atoms with van der Waals surface area (Å²) in [7, 11) is 0. The van der Waals surface area contributed by atoms with Crippen LogP contribution < -0.4 is 5.76 Å². The maximum absolute atomic E-state index is 11.0. The summed E-state index contributed by atoms with van der Waals surface area (Å²) in [6, 6.07) is 0.187. The van der Waals surface area contributed by atoms with Gasteiger partial charge in [0.15, 0.2) is 0 Å². The molecule has 1 rings (SSSR count). The zero-order valence-corrected chi connectivity index (χ0v) is 7.13. The van der Waals surface area contributed by atoms with Crippen LogP contribution in [0.25, 0.3) is 0 Å². The first-order chi connectivity index (χ1) is 5.15. The normalized spacial score (nSPS) is 10.9. The lowest BCUT2D eigenvalue weighted by atomic mass is 10.4. The minimum atomic E-state index is -0.253. The molecule has 1 heterocycles. The highest BCUT2D eigenvalue weighted by Crippen LogP contribution is 2.03. The Morgan fingerprint density at radius 3 is 2.55 bits per heavy atom. The van der Waals surface area contributed by atoms with Crippen molar-refractivity contribution in [3.8, 4) is 0 Å². The van der Waals surface area contributed by atoms with Crippen LogP contribution in [0.2, 0.25) is 0 Å². The quantitative estimate of drug-likeness (QED) is 0.650. The molecule has 0 aliphatic rings. The molecule has 0 bridgehead atoms. The maximum Gasteiger partial charge on any atom is 0.419 e. The zero-order chi connectivity index (χ0) is 8.43. The summed E-state index contributed by atoms with van der Waals surface area (Å²) in [5, 5.41) is 0. The Hall–Kier alpha value is -0.990. The summed E-state index contributed by atoms with van der Waals surface area (Å²) in [5.41, 5.74) is 0. The molecule has 0 atom stereocenters. The van der Waals surface area contributed by atoms with Gasteiger partial charge in [-0.2, -0.15) is 0 Å². The predicted molar refractivity (Wildman–Crippen MR) is 42.7 cm³/mol. The molecule has 0 amide bonds. The van der Waals surface area contributed by atoms with E-state index < -0.39 is 0 Å². The van der Waals surface area contributed by atoms with E-state index in [1.165, 1.54) is 0 Å². The molecule has 0 radical (unpaired) electrons. The molecule has 0 N–H and O–H groups in total. The molecule has 1 aromatic heterocycles. The highest BCUT2D eigenvalue weighted by atomic mass is 16.4. The van der Waals surface area contributed by atoms with Crippen molar-refractivity contribution in [2.45, 2.75) is 33.2 Å². The number of aryl methyl sites for hydroxylation is 1. The third-order valence-corrected chi connectivity index (χ3v) is 1.62. The average Bonchev–Trinajstić information content (AvgIpc) is 2.30. The molecule has 0 aromatic carbocycles. The summed E-state index contributed by atoms with van der Waals surface area (Å²) < 4.78 is 6.53. The lowest BCUT2D eigenvalue weighted by Gasteiger charge is -2.00. The van der Waals surface area contributed by atoms with Crippen molar-refractivity contribution < 1.29 is 4.42 Å². The molecular weight excluding hydrogens is 142 g/mol. The second kappa shape index (κ2) is 2.95. The van der Waals surface area contributed by atoms with Gasteiger partial charge < -0.3 is 4.42 Å². The van der Waals surface area contributed by atoms with Gasteiger partial charge in [-0.05, 0) is 13.8 Å². The van der Waals surface area contributed by atoms with Gasteiger partial charge in [0.05, 0.1) is 0 Å². The van der Waals surface area contributed by atoms with E-state index in [0.29, 0.717) is 0 Å². The van der Waals surface area contributed by atoms with Crippen LogP contribution in [0.15, 0.2) is 15.4 Å². The van der Waals surface area contributed by atoms with Crippen LogP contribution in [0, 0.1) is 0 Å². The Bertz CT molecular complexity index is 283. The lowest BCUT2D eigenvalue weighted by molar-refractivity contribution is 0.434. The first kappa shape index (κ1) is 8.11. The smallest absolute Gasteiger partial charge is 0.413 e. The van der Waals surface area contributed by atoms with Gasteiger partial charge in [-0.25, -0.2) is 4.79 Å². The van der Waals surface area contributed by atoms with E-state index >= 15 is 0 Å². The third kappa shape index (κ3) is 1.53. The van der Waals surface area contributed by atoms with Crippen molar-refractivity contribution in [2.24, 2.45) is 0 Å². The standard InChI is InChI=1S/C8H13NO2/c1-4-7-5-9(6(2)3)8(10)11-7/h5-6H,4H2,1-3H3. The summed E-state index contributed by atoms with van der Waals surface area (Å²) in [5.74, 6) is 0.501. The van der Waals surface area contributed by atoms with Gasteiger partial charge in [-0.1, -0.05) is 6.92 Å². The summed E-state index contributed by atoms with van der Waals surface area (Å²) >= 11 is 0. The molecule has 3 nitrogen and oxygen atoms in total. The molecule has 1 aromatic rings. The minimum absolute atomic E-state index is 0.187. The molecule has 0 saturated heterocycles. The van der Waals surface area contributed by atoms with Gasteiger partial charge in [0.25, 0.3) is 0 Å². The molecule has 0 unspecified atom stereocenters. The van der Waals surface area contributed by atoms with Crippen LogP contribution in [0.1, 0.15) is 32.6 Å². The molecule has 0 aliphatic carbocycles. The Balaban J connectivity index is 3.07. The van der Waals surface area contributed by atoms with Gasteiger partial charge >= 0.3 is 5.76 Å². The van der Waals surface area contributed by atoms with Crippen LogP contribution in [0.5, 0.6) is 0 Å². The summed E-state index contributed by atoms with van der Waals surface area (Å²) in [6.45, 7) is 5.87. The van der Waals surface area contributed by atoms with E-state index in [9.17, 15) is 4.79 Å². The second-order valence-corrected chi connectivity index (χ2v) is 2.82. The van der Waals surface area contributed by atoms with Crippen molar-refractivity contribution in [3.05, 3.63) is 22.5 Å². The molecule has 0 spiro atoms. The number of oxazole rings is 1. The van der Waals surface area contributed by atoms with Gasteiger partial charge in [0.2, 0.25) is 0 Å². The first-order valence-electron chi connectivity index (χ1n) is 3.86. The van der Waals surface area contributed by atoms with Gasteiger partial charge in [-0.3, -0.25) is 4.57 Å². The van der Waals surface area contributed by atoms with Crippen LogP contribution in [-0.2, 0) is 6.42 Å². The monoisotopic (exact) mass is 155 g/mol. The fourth-order valence-corrected chi connectivity index (χ4v) is 0.922. The second-order valence-electron chi connectivity index (χ2n) is 2.82. The van der Waals surface area contributed by atoms with Crippen LogP contribution in [0.3, 0.4) is 0 Å². The van der Waals surface area contributed by atoms with E-state index in [1.807, 2.05) is 20.8 Å². The van der Waals surface area contributed by atoms with E-state index in [0.717, 1.165) is 12.2 Å². The Morgan fingerprint density at radius 2 is 2.27 bits per heavy atom. The Labute approximate surface area is 65.6 Å². The topological polar surface area (TPSA) is 35.1 Å². The Morgan fingerprint density at radius 1 is 1.64 bits per heavy atom. The number of aromatic nitrogens is 1. The van der Waals surface area contributed by atoms with E-state index in [2.05, 4.69) is 0 Å². The van der Waals surface area contributed by atoms with Crippen molar-refractivity contribution in [1.82, 2.24) is 4.57 Å². The number of hydrogen-bond acceptors (Lipinski definition) is 2. The average molecular weight is 155 g/mol. The maximum atomic E-state index is 11.0. The summed E-state index contributed by atoms with van der Waals surface area (Å²) in [6.07, 6.45) is 2.54. The molecule has 3 heteroatoms. The first-order valence-corrected chi connectivity index (χ1v) is 3.86. The van der Waals surface area contributed by atoms with E-state index in [1.54, 1.807) is 10.8 Å². The van der Waals surface area contributed by atoms with Crippen molar-refractivity contribution in [2.75, 3.05) is 0 Å². The highest BCUT2D eigenvalue weighted by molar-refractivity contribution is 4.91. The molecule has 0 saturated carbocycles. The predicted octanol–water partition coefficient (Wildman–Crippen LogP) is 1.58. The SMILES string of the molecule is CCc1cn(C(C)C)c(=O)o1. The van der Waals surface area contributed by atoms with E-state index in [-0.39, 0.29) is 11.8 Å². The number of nitrogens with zero attached hydrogens (tertiary/aromatic N) is 1. The van der Waals surface area contributed by atoms with Crippen molar-refractivity contribution >= 4 is 0 Å². The molecular formula is C8H13NO2. The largest absolute Gasteiger partial charge is 0.419 e. The van der Waals surface area contributed by atoms with Crippen LogP contribution in [-0.4, -0.2) is 4.57 Å². The third-order valence-electron chi connectivity index (χ3n) is 1.62. The van der Waals surface area contributed by atoms with Crippen LogP contribution in [0.4, 0.5) is 0 Å². The number of hydrogen-bond donors (Lipinski definition) is 0. The van der Waals surface area contributed by atoms with Gasteiger partial charge in [0, 0.05) is 18.7 Å². The van der Waals surface area contributed by atoms with Crippen molar-refractivity contribution in [1.29, 1.82) is 0 Å². The highest BCUT2D eigenvalue weighted by Gasteiger charge is 2.05. The summed E-state index contributed by atoms with van der Waals surface area (Å²) in [4.78, 5) is 11.0. The Kier molecular flexibility index (Phi) is 2.17. The zero-order valence-electron chi connectivity index (χ0n) is 7.13. The lowest BCUT2D eigenvalue weighted by Crippen LogP contribution is -2.14. The number of rotatable bonds is 2. The van der Waals surface area contributed by atoms with Gasteiger partial charge in [0.1, 0.15) is 5.76 Å². The van der Waals surface area contributed by atoms with E-state index in [4.69, 9.17) is 4.42 Å². The molecule has 0 fully saturated rings.